The maximum atomic E-state index is 5.99. The molecule has 1 fully saturated rings. The Bertz CT molecular complexity index is 381. The molecule has 1 aromatic carbocycles. The summed E-state index contributed by atoms with van der Waals surface area (Å²) in [6, 6.07) is 8.04. The molecule has 0 atom stereocenters. The lowest BCUT2D eigenvalue weighted by molar-refractivity contribution is 0.132. The van der Waals surface area contributed by atoms with Gasteiger partial charge in [-0.1, -0.05) is 31.5 Å². The van der Waals surface area contributed by atoms with Crippen LogP contribution < -0.4 is 5.73 Å². The highest BCUT2D eigenvalue weighted by Crippen LogP contribution is 2.56. The van der Waals surface area contributed by atoms with Crippen molar-refractivity contribution < 1.29 is 0 Å². The molecule has 1 aromatic rings. The second-order valence-electron chi connectivity index (χ2n) is 5.46. The van der Waals surface area contributed by atoms with Gasteiger partial charge in [-0.05, 0) is 36.5 Å². The van der Waals surface area contributed by atoms with Crippen LogP contribution in [0.2, 0.25) is 5.02 Å². The molecule has 0 saturated heterocycles. The van der Waals surface area contributed by atoms with Crippen LogP contribution >= 0.6 is 23.4 Å². The Balaban J connectivity index is 2.09. The summed E-state index contributed by atoms with van der Waals surface area (Å²) >= 11 is 7.87. The van der Waals surface area contributed by atoms with Gasteiger partial charge in [0.2, 0.25) is 0 Å². The molecule has 1 aliphatic rings. The number of halogens is 1. The van der Waals surface area contributed by atoms with Crippen LogP contribution in [0.25, 0.3) is 0 Å². The molecule has 3 heteroatoms. The van der Waals surface area contributed by atoms with Gasteiger partial charge in [-0.2, -0.15) is 0 Å². The third-order valence-corrected chi connectivity index (χ3v) is 4.72. The average Bonchev–Trinajstić information content (AvgIpc) is 2.14. The molecule has 0 unspecified atom stereocenters. The smallest absolute Gasteiger partial charge is 0.0417 e. The fraction of sp³-hybridized carbons (Fsp3) is 0.538. The van der Waals surface area contributed by atoms with E-state index in [1.54, 1.807) is 0 Å². The zero-order valence-corrected chi connectivity index (χ0v) is 11.4. The minimum atomic E-state index is 0.230. The molecule has 0 radical (unpaired) electrons. The van der Waals surface area contributed by atoms with Crippen LogP contribution in [-0.2, 0) is 0 Å². The van der Waals surface area contributed by atoms with E-state index >= 15 is 0 Å². The summed E-state index contributed by atoms with van der Waals surface area (Å²) in [5.74, 6) is 0. The first-order chi connectivity index (χ1) is 7.45. The Kier molecular flexibility index (Phi) is 3.26. The number of thioether (sulfide) groups is 1. The van der Waals surface area contributed by atoms with E-state index in [9.17, 15) is 0 Å². The highest BCUT2D eigenvalue weighted by atomic mass is 35.5. The molecular weight excluding hydrogens is 238 g/mol. The zero-order chi connectivity index (χ0) is 11.8. The molecule has 0 aromatic heterocycles. The fourth-order valence-corrected chi connectivity index (χ4v) is 4.83. The highest BCUT2D eigenvalue weighted by molar-refractivity contribution is 8.00. The van der Waals surface area contributed by atoms with Crippen LogP contribution in [0.1, 0.15) is 26.7 Å². The third-order valence-electron chi connectivity index (χ3n) is 3.10. The van der Waals surface area contributed by atoms with Crippen molar-refractivity contribution in [1.29, 1.82) is 0 Å². The molecule has 0 bridgehead atoms. The zero-order valence-electron chi connectivity index (χ0n) is 9.79. The van der Waals surface area contributed by atoms with Gasteiger partial charge < -0.3 is 5.73 Å². The maximum absolute atomic E-state index is 5.99. The van der Waals surface area contributed by atoms with Crippen molar-refractivity contribution in [2.24, 2.45) is 11.1 Å². The second-order valence-corrected chi connectivity index (χ2v) is 7.44. The predicted octanol–water partition coefficient (Wildman–Crippen LogP) is 3.95. The first-order valence-electron chi connectivity index (χ1n) is 5.59. The Morgan fingerprint density at radius 1 is 1.38 bits per heavy atom. The summed E-state index contributed by atoms with van der Waals surface area (Å²) in [6.45, 7) is 5.35. The van der Waals surface area contributed by atoms with Crippen molar-refractivity contribution in [2.75, 3.05) is 6.54 Å². The molecule has 2 rings (SSSR count). The molecule has 0 heterocycles. The topological polar surface area (TPSA) is 26.0 Å². The SMILES string of the molecule is CC1(C)CC(CN)(Sc2cccc(Cl)c2)C1. The molecule has 0 aliphatic heterocycles. The molecule has 0 spiro atoms. The van der Waals surface area contributed by atoms with E-state index in [1.807, 2.05) is 30.0 Å². The Labute approximate surface area is 107 Å². The van der Waals surface area contributed by atoms with Gasteiger partial charge in [0, 0.05) is 21.2 Å². The van der Waals surface area contributed by atoms with Gasteiger partial charge >= 0.3 is 0 Å². The Morgan fingerprint density at radius 2 is 2.06 bits per heavy atom. The van der Waals surface area contributed by atoms with Crippen molar-refractivity contribution in [3.05, 3.63) is 29.3 Å². The summed E-state index contributed by atoms with van der Waals surface area (Å²) in [5, 5.41) is 0.802. The first-order valence-corrected chi connectivity index (χ1v) is 6.79. The van der Waals surface area contributed by atoms with Gasteiger partial charge in [0.25, 0.3) is 0 Å². The van der Waals surface area contributed by atoms with Crippen molar-refractivity contribution >= 4 is 23.4 Å². The minimum Gasteiger partial charge on any atom is -0.329 e. The lowest BCUT2D eigenvalue weighted by Crippen LogP contribution is -2.51. The predicted molar refractivity (Wildman–Crippen MR) is 72.1 cm³/mol. The summed E-state index contributed by atoms with van der Waals surface area (Å²) < 4.78 is 0.230. The van der Waals surface area contributed by atoms with E-state index in [-0.39, 0.29) is 4.75 Å². The number of benzene rings is 1. The minimum absolute atomic E-state index is 0.230. The van der Waals surface area contributed by atoms with Crippen LogP contribution in [0, 0.1) is 5.41 Å². The summed E-state index contributed by atoms with van der Waals surface area (Å²) in [4.78, 5) is 1.23. The van der Waals surface area contributed by atoms with Crippen molar-refractivity contribution in [3.8, 4) is 0 Å². The Hall–Kier alpha value is -0.180. The molecule has 1 aliphatic carbocycles. The van der Waals surface area contributed by atoms with Crippen LogP contribution in [0.15, 0.2) is 29.2 Å². The van der Waals surface area contributed by atoms with Crippen molar-refractivity contribution in [2.45, 2.75) is 36.3 Å². The number of hydrogen-bond donors (Lipinski definition) is 1. The lowest BCUT2D eigenvalue weighted by Gasteiger charge is -2.52. The van der Waals surface area contributed by atoms with Crippen LogP contribution in [0.4, 0.5) is 0 Å². The van der Waals surface area contributed by atoms with Crippen molar-refractivity contribution in [1.82, 2.24) is 0 Å². The fourth-order valence-electron chi connectivity index (χ4n) is 2.73. The van der Waals surface area contributed by atoms with Crippen LogP contribution in [0.3, 0.4) is 0 Å². The standard InChI is InChI=1S/C13H18ClNS/c1-12(2)7-13(8-12,9-15)16-11-5-3-4-10(14)6-11/h3-6H,7-9,15H2,1-2H3. The van der Waals surface area contributed by atoms with E-state index in [1.165, 1.54) is 17.7 Å². The molecular formula is C13H18ClNS. The average molecular weight is 256 g/mol. The summed E-state index contributed by atoms with van der Waals surface area (Å²) in [5.41, 5.74) is 6.37. The first kappa shape index (κ1) is 12.3. The van der Waals surface area contributed by atoms with Crippen molar-refractivity contribution in [3.63, 3.8) is 0 Å². The van der Waals surface area contributed by atoms with E-state index in [0.717, 1.165) is 11.6 Å². The van der Waals surface area contributed by atoms with Crippen LogP contribution in [-0.4, -0.2) is 11.3 Å². The summed E-state index contributed by atoms with van der Waals surface area (Å²) in [7, 11) is 0. The maximum Gasteiger partial charge on any atom is 0.0417 e. The second kappa shape index (κ2) is 4.25. The third kappa shape index (κ3) is 2.55. The van der Waals surface area contributed by atoms with E-state index in [2.05, 4.69) is 19.9 Å². The molecule has 88 valence electrons. The van der Waals surface area contributed by atoms with Crippen LogP contribution in [0.5, 0.6) is 0 Å². The van der Waals surface area contributed by atoms with Gasteiger partial charge in [-0.15, -0.1) is 11.8 Å². The summed E-state index contributed by atoms with van der Waals surface area (Å²) in [6.07, 6.45) is 2.38. The number of hydrogen-bond acceptors (Lipinski definition) is 2. The molecule has 1 saturated carbocycles. The van der Waals surface area contributed by atoms with E-state index in [0.29, 0.717) is 5.41 Å². The Morgan fingerprint density at radius 3 is 2.56 bits per heavy atom. The monoisotopic (exact) mass is 255 g/mol. The lowest BCUT2D eigenvalue weighted by atomic mass is 9.64. The van der Waals surface area contributed by atoms with Gasteiger partial charge in [0.15, 0.2) is 0 Å². The van der Waals surface area contributed by atoms with E-state index < -0.39 is 0 Å². The quantitative estimate of drug-likeness (QED) is 0.885. The van der Waals surface area contributed by atoms with Gasteiger partial charge in [0.05, 0.1) is 0 Å². The van der Waals surface area contributed by atoms with E-state index in [4.69, 9.17) is 17.3 Å². The van der Waals surface area contributed by atoms with Gasteiger partial charge in [-0.25, -0.2) is 0 Å². The van der Waals surface area contributed by atoms with Gasteiger partial charge in [0.1, 0.15) is 0 Å². The molecule has 1 nitrogen and oxygen atoms in total. The molecule has 2 N–H and O–H groups in total. The molecule has 0 amide bonds. The molecule has 16 heavy (non-hydrogen) atoms. The normalized spacial score (nSPS) is 21.5. The number of nitrogens with two attached hydrogens (primary N) is 1. The number of rotatable bonds is 3. The highest BCUT2D eigenvalue weighted by Gasteiger charge is 2.48. The van der Waals surface area contributed by atoms with Gasteiger partial charge in [-0.3, -0.25) is 0 Å². The largest absolute Gasteiger partial charge is 0.329 e.